The van der Waals surface area contributed by atoms with Crippen molar-refractivity contribution >= 4 is 11.3 Å². The smallest absolute Gasteiger partial charge is 0.302 e. The van der Waals surface area contributed by atoms with Crippen molar-refractivity contribution in [3.63, 3.8) is 0 Å². The number of aryl methyl sites for hydroxylation is 2. The molecule has 4 saturated heterocycles. The number of imidazole rings is 2. The Morgan fingerprint density at radius 3 is 1.63 bits per heavy atom. The lowest BCUT2D eigenvalue weighted by molar-refractivity contribution is -0.149. The van der Waals surface area contributed by atoms with Gasteiger partial charge in [0.15, 0.2) is 0 Å². The molecule has 0 unspecified atom stereocenters. The number of piperazine rings is 2. The predicted molar refractivity (Wildman–Crippen MR) is 256 cm³/mol. The Labute approximate surface area is 393 Å². The summed E-state index contributed by atoms with van der Waals surface area (Å²) in [7, 11) is 4.49. The SMILES string of the molecule is Cc1cccnc1[C@@H]1CCC[C@H](c2nc3ccccn3c2CN2CCN(CCc3cccn4c(CN5CCN(CC(F)(F)F)CC5)c([C@H]5CCC[C@@H](c6ncccc6C)N5C)nc34)CC2)N1C. The third kappa shape index (κ3) is 9.78. The van der Waals surface area contributed by atoms with E-state index >= 15 is 0 Å². The molecule has 0 bridgehead atoms. The molecule has 10 rings (SSSR count). The van der Waals surface area contributed by atoms with Crippen molar-refractivity contribution in [3.8, 4) is 0 Å². The summed E-state index contributed by atoms with van der Waals surface area (Å²) in [5.74, 6) is 0. The molecule has 15 heteroatoms. The summed E-state index contributed by atoms with van der Waals surface area (Å²) in [6.45, 7) is 11.9. The summed E-state index contributed by atoms with van der Waals surface area (Å²) in [6.07, 6.45) is 11.3. The number of fused-ring (bicyclic) bond motifs is 2. The predicted octanol–water partition coefficient (Wildman–Crippen LogP) is 8.23. The second-order valence-electron chi connectivity index (χ2n) is 19.7. The van der Waals surface area contributed by atoms with Gasteiger partial charge in [-0.05, 0) is 120 Å². The van der Waals surface area contributed by atoms with Crippen molar-refractivity contribution < 1.29 is 13.2 Å². The molecule has 4 aliphatic rings. The summed E-state index contributed by atoms with van der Waals surface area (Å²) in [5.41, 5.74) is 12.7. The molecule has 0 amide bonds. The molecule has 10 heterocycles. The lowest BCUT2D eigenvalue weighted by atomic mass is 9.90. The molecule has 4 aliphatic heterocycles. The Morgan fingerprint density at radius 1 is 0.552 bits per heavy atom. The quantitative estimate of drug-likeness (QED) is 0.120. The number of pyridine rings is 4. The van der Waals surface area contributed by atoms with Crippen molar-refractivity contribution in [1.82, 2.24) is 58.1 Å². The minimum absolute atomic E-state index is 0.0981. The second-order valence-corrected chi connectivity index (χ2v) is 19.7. The summed E-state index contributed by atoms with van der Waals surface area (Å²) >= 11 is 0. The highest BCUT2D eigenvalue weighted by atomic mass is 19.4. The summed E-state index contributed by atoms with van der Waals surface area (Å²) in [6, 6.07) is 19.9. The highest BCUT2D eigenvalue weighted by molar-refractivity contribution is 5.52. The molecule has 356 valence electrons. The zero-order valence-electron chi connectivity index (χ0n) is 39.8. The van der Waals surface area contributed by atoms with Gasteiger partial charge in [-0.1, -0.05) is 24.3 Å². The first-order chi connectivity index (χ1) is 32.5. The average Bonchev–Trinajstić information content (AvgIpc) is 3.88. The van der Waals surface area contributed by atoms with Crippen LogP contribution in [0.5, 0.6) is 0 Å². The monoisotopic (exact) mass is 917 g/mol. The van der Waals surface area contributed by atoms with Gasteiger partial charge >= 0.3 is 6.18 Å². The number of halogens is 3. The van der Waals surface area contributed by atoms with Crippen molar-refractivity contribution in [1.29, 1.82) is 0 Å². The van der Waals surface area contributed by atoms with Gasteiger partial charge in [-0.15, -0.1) is 0 Å². The van der Waals surface area contributed by atoms with Gasteiger partial charge in [0.05, 0.1) is 64.9 Å². The minimum atomic E-state index is -4.19. The fraction of sp³-hybridized carbons (Fsp3) is 0.538. The summed E-state index contributed by atoms with van der Waals surface area (Å²) in [5, 5.41) is 0. The molecule has 0 N–H and O–H groups in total. The van der Waals surface area contributed by atoms with E-state index < -0.39 is 12.7 Å². The molecule has 6 aromatic heterocycles. The number of hydrogen-bond acceptors (Lipinski definition) is 10. The number of alkyl halides is 3. The van der Waals surface area contributed by atoms with Crippen LogP contribution in [0.3, 0.4) is 0 Å². The zero-order chi connectivity index (χ0) is 46.2. The first-order valence-electron chi connectivity index (χ1n) is 24.7. The fourth-order valence-corrected chi connectivity index (χ4v) is 11.8. The van der Waals surface area contributed by atoms with E-state index in [-0.39, 0.29) is 24.2 Å². The maximum Gasteiger partial charge on any atom is 0.401 e. The molecule has 4 fully saturated rings. The Bertz CT molecular complexity index is 2630. The van der Waals surface area contributed by atoms with Crippen molar-refractivity contribution in [2.45, 2.75) is 102 Å². The van der Waals surface area contributed by atoms with Crippen LogP contribution < -0.4 is 0 Å². The highest BCUT2D eigenvalue weighted by Crippen LogP contribution is 2.43. The molecule has 0 aromatic carbocycles. The van der Waals surface area contributed by atoms with Crippen LogP contribution >= 0.6 is 0 Å². The van der Waals surface area contributed by atoms with E-state index in [2.05, 4.69) is 116 Å². The molecule has 12 nitrogen and oxygen atoms in total. The summed E-state index contributed by atoms with van der Waals surface area (Å²) in [4.78, 5) is 34.7. The number of piperidine rings is 2. The number of hydrogen-bond donors (Lipinski definition) is 0. The minimum Gasteiger partial charge on any atom is -0.302 e. The summed E-state index contributed by atoms with van der Waals surface area (Å²) < 4.78 is 44.5. The standard InChI is InChI=1S/C52H67F3N12/c1-37-12-9-21-56-47(37)40-15-7-17-42(60(40)3)49-44(66-23-6-5-19-46(66)58-49)34-63-28-26-62(27-29-63)25-20-39-14-11-24-67-45(35-64-30-32-65(33-31-64)36-52(53,54)55)50(59-51(39)67)43-18-8-16-41(61(43)4)48-38(2)13-10-22-57-48/h5-6,9-14,19,21-24,40-43H,7-8,15-18,20,25-36H2,1-4H3/t40-,41-,42+,43+/m0/s1. The molecule has 0 saturated carbocycles. The Morgan fingerprint density at radius 2 is 1.06 bits per heavy atom. The van der Waals surface area contributed by atoms with Crippen molar-refractivity contribution in [2.24, 2.45) is 0 Å². The zero-order valence-corrected chi connectivity index (χ0v) is 39.8. The third-order valence-corrected chi connectivity index (χ3v) is 15.5. The lowest BCUT2D eigenvalue weighted by Gasteiger charge is -2.40. The first-order valence-corrected chi connectivity index (χ1v) is 24.7. The van der Waals surface area contributed by atoms with Gasteiger partial charge in [-0.25, -0.2) is 9.97 Å². The van der Waals surface area contributed by atoms with E-state index in [1.165, 1.54) is 38.7 Å². The van der Waals surface area contributed by atoms with Crippen LogP contribution in [-0.2, 0) is 19.5 Å². The van der Waals surface area contributed by atoms with Crippen LogP contribution in [0.15, 0.2) is 79.4 Å². The van der Waals surface area contributed by atoms with Gasteiger partial charge in [-0.2, -0.15) is 13.2 Å². The van der Waals surface area contributed by atoms with Gasteiger partial charge in [0, 0.05) is 96.8 Å². The number of nitrogens with zero attached hydrogens (tertiary/aromatic N) is 12. The number of likely N-dealkylation sites (tertiary alicyclic amines) is 2. The maximum absolute atomic E-state index is 13.3. The Hall–Kier alpha value is -4.77. The number of rotatable bonds is 12. The molecule has 0 spiro atoms. The topological polar surface area (TPSA) is 79.8 Å². The van der Waals surface area contributed by atoms with E-state index in [0.717, 1.165) is 113 Å². The van der Waals surface area contributed by atoms with Crippen LogP contribution in [0.2, 0.25) is 0 Å². The molecule has 67 heavy (non-hydrogen) atoms. The molecule has 0 radical (unpaired) electrons. The molecule has 0 aliphatic carbocycles. The Balaban J connectivity index is 0.847. The van der Waals surface area contributed by atoms with Crippen LogP contribution in [-0.4, -0.2) is 144 Å². The van der Waals surface area contributed by atoms with Crippen molar-refractivity contribution in [3.05, 3.63) is 130 Å². The van der Waals surface area contributed by atoms with Crippen LogP contribution in [0.4, 0.5) is 13.2 Å². The normalized spacial score (nSPS) is 23.7. The largest absolute Gasteiger partial charge is 0.401 e. The molecule has 6 aromatic rings. The van der Waals surface area contributed by atoms with Gasteiger partial charge in [-0.3, -0.25) is 34.5 Å². The second kappa shape index (κ2) is 19.7. The molecule has 4 atom stereocenters. The molecular formula is C52H67F3N12. The maximum atomic E-state index is 13.3. The van der Waals surface area contributed by atoms with E-state index in [1.807, 2.05) is 24.5 Å². The van der Waals surface area contributed by atoms with E-state index in [4.69, 9.17) is 19.9 Å². The van der Waals surface area contributed by atoms with Gasteiger partial charge in [0.2, 0.25) is 0 Å². The van der Waals surface area contributed by atoms with Gasteiger partial charge in [0.1, 0.15) is 11.3 Å². The van der Waals surface area contributed by atoms with Crippen LogP contribution in [0.1, 0.15) is 114 Å². The van der Waals surface area contributed by atoms with E-state index in [9.17, 15) is 13.2 Å². The van der Waals surface area contributed by atoms with Gasteiger partial charge in [0.25, 0.3) is 0 Å². The Kier molecular flexibility index (Phi) is 13.5. The number of aromatic nitrogens is 6. The average molecular weight is 917 g/mol. The highest BCUT2D eigenvalue weighted by Gasteiger charge is 2.38. The van der Waals surface area contributed by atoms with E-state index in [1.54, 1.807) is 0 Å². The first kappa shape index (κ1) is 46.0. The van der Waals surface area contributed by atoms with Crippen LogP contribution in [0.25, 0.3) is 11.3 Å². The fourth-order valence-electron chi connectivity index (χ4n) is 11.8. The van der Waals surface area contributed by atoms with Crippen LogP contribution in [0, 0.1) is 13.8 Å². The van der Waals surface area contributed by atoms with Crippen molar-refractivity contribution in [2.75, 3.05) is 79.5 Å². The molecular weight excluding hydrogens is 850 g/mol. The lowest BCUT2D eigenvalue weighted by Crippen LogP contribution is -2.49. The van der Waals surface area contributed by atoms with E-state index in [0.29, 0.717) is 32.7 Å². The third-order valence-electron chi connectivity index (χ3n) is 15.5. The van der Waals surface area contributed by atoms with Gasteiger partial charge < -0.3 is 13.7 Å².